The van der Waals surface area contributed by atoms with E-state index in [-0.39, 0.29) is 12.8 Å². The van der Waals surface area contributed by atoms with E-state index in [2.05, 4.69) is 42.7 Å². The molecule has 0 saturated heterocycles. The Labute approximate surface area is 380 Å². The fraction of sp³-hybridized carbons (Fsp3) is 0.660. The van der Waals surface area contributed by atoms with Crippen molar-refractivity contribution in [1.29, 1.82) is 0 Å². The van der Waals surface area contributed by atoms with E-state index >= 15 is 0 Å². The van der Waals surface area contributed by atoms with E-state index in [0.717, 1.165) is 51.4 Å². The molecule has 13 heteroatoms. The summed E-state index contributed by atoms with van der Waals surface area (Å²) in [6.45, 7) is 2.54. The summed E-state index contributed by atoms with van der Waals surface area (Å²) in [6, 6.07) is -1.54. The highest BCUT2D eigenvalue weighted by molar-refractivity contribution is 7.47. The molecular weight excluding hydrogens is 822 g/mol. The van der Waals surface area contributed by atoms with E-state index in [9.17, 15) is 28.9 Å². The lowest BCUT2D eigenvalue weighted by atomic mass is 10.1. The van der Waals surface area contributed by atoms with Crippen molar-refractivity contribution in [2.45, 2.75) is 193 Å². The maximum atomic E-state index is 12.7. The molecule has 0 aliphatic carbocycles. The number of carboxylic acid groups (broad SMARTS) is 1. The average Bonchev–Trinajstić information content (AvgIpc) is 3.26. The van der Waals surface area contributed by atoms with Gasteiger partial charge < -0.3 is 30.3 Å². The van der Waals surface area contributed by atoms with Crippen molar-refractivity contribution in [2.75, 3.05) is 19.8 Å². The molecule has 0 heterocycles. The molecule has 360 valence electrons. The van der Waals surface area contributed by atoms with Crippen LogP contribution in [0.3, 0.4) is 0 Å². The molecule has 0 radical (unpaired) electrons. The van der Waals surface area contributed by atoms with Crippen LogP contribution in [0.5, 0.6) is 0 Å². The van der Waals surface area contributed by atoms with Gasteiger partial charge in [-0.05, 0) is 70.6 Å². The zero-order chi connectivity index (χ0) is 46.5. The molecule has 0 aliphatic heterocycles. The number of nitrogens with two attached hydrogens (primary N) is 1. The maximum absolute atomic E-state index is 12.7. The van der Waals surface area contributed by atoms with Crippen molar-refractivity contribution in [3.05, 3.63) is 85.1 Å². The number of ether oxygens (including phenoxy) is 2. The number of unbranched alkanes of at least 4 members (excludes halogenated alkanes) is 15. The molecule has 0 fully saturated rings. The minimum Gasteiger partial charge on any atom is -0.480 e. The summed E-state index contributed by atoms with van der Waals surface area (Å²) in [6.07, 6.45) is 51.1. The number of esters is 2. The second-order valence-electron chi connectivity index (χ2n) is 15.7. The fourth-order valence-corrected chi connectivity index (χ4v) is 6.77. The smallest absolute Gasteiger partial charge is 0.472 e. The predicted molar refractivity (Wildman–Crippen MR) is 255 cm³/mol. The molecule has 0 aromatic heterocycles. The summed E-state index contributed by atoms with van der Waals surface area (Å²) >= 11 is 0. The maximum Gasteiger partial charge on any atom is 0.472 e. The van der Waals surface area contributed by atoms with Gasteiger partial charge in [-0.1, -0.05) is 176 Å². The Morgan fingerprint density at radius 3 is 1.73 bits per heavy atom. The molecule has 2 unspecified atom stereocenters. The van der Waals surface area contributed by atoms with Crippen molar-refractivity contribution in [3.8, 4) is 0 Å². The highest BCUT2D eigenvalue weighted by Gasteiger charge is 2.28. The number of carbonyl (C=O) groups is 3. The first-order valence-corrected chi connectivity index (χ1v) is 25.2. The number of carboxylic acids is 1. The van der Waals surface area contributed by atoms with Gasteiger partial charge in [0.25, 0.3) is 0 Å². The molecule has 0 aliphatic rings. The molecule has 0 amide bonds. The van der Waals surface area contributed by atoms with Gasteiger partial charge in [0.1, 0.15) is 12.6 Å². The molecule has 0 aromatic rings. The second kappa shape index (κ2) is 43.9. The number of aliphatic hydroxyl groups is 1. The van der Waals surface area contributed by atoms with Gasteiger partial charge in [-0.15, -0.1) is 0 Å². The molecule has 4 atom stereocenters. The first-order chi connectivity index (χ1) is 30.5. The van der Waals surface area contributed by atoms with Gasteiger partial charge in [0.05, 0.1) is 19.3 Å². The topological polar surface area (TPSA) is 192 Å². The SMILES string of the molecule is CC/C=C\C/C=C\CC(O)/C=C/C=C\C/C=C\C/C=C\CCC(=O)OC[C@H](COP(=O)(O)OC[C@H](N)C(=O)O)OC(=O)CCCCCCCCCCC/C=C\CCCCCCCC. The Bertz CT molecular complexity index is 1400. The van der Waals surface area contributed by atoms with Gasteiger partial charge in [-0.3, -0.25) is 23.4 Å². The van der Waals surface area contributed by atoms with Crippen LogP contribution in [0.15, 0.2) is 85.1 Å². The van der Waals surface area contributed by atoms with Crippen molar-refractivity contribution in [3.63, 3.8) is 0 Å². The fourth-order valence-electron chi connectivity index (χ4n) is 5.99. The Hall–Kier alpha value is -3.38. The minimum absolute atomic E-state index is 0.0692. The van der Waals surface area contributed by atoms with Crippen LogP contribution >= 0.6 is 7.82 Å². The van der Waals surface area contributed by atoms with Crippen LogP contribution in [0.25, 0.3) is 0 Å². The molecule has 0 aromatic carbocycles. The molecule has 0 bridgehead atoms. The van der Waals surface area contributed by atoms with Crippen molar-refractivity contribution < 1.29 is 52.6 Å². The highest BCUT2D eigenvalue weighted by atomic mass is 31.2. The molecule has 0 spiro atoms. The number of aliphatic hydroxyl groups excluding tert-OH is 1. The number of rotatable bonds is 43. The van der Waals surface area contributed by atoms with E-state index in [1.807, 2.05) is 54.7 Å². The second-order valence-corrected chi connectivity index (χ2v) is 17.2. The zero-order valence-electron chi connectivity index (χ0n) is 38.7. The molecular formula is C50H84NO11P. The lowest BCUT2D eigenvalue weighted by molar-refractivity contribution is -0.161. The third-order valence-corrected chi connectivity index (χ3v) is 10.7. The largest absolute Gasteiger partial charge is 0.480 e. The van der Waals surface area contributed by atoms with Crippen LogP contribution in [0, 0.1) is 0 Å². The van der Waals surface area contributed by atoms with Crippen LogP contribution in [0.1, 0.15) is 174 Å². The quantitative estimate of drug-likeness (QED) is 0.0149. The first-order valence-electron chi connectivity index (χ1n) is 23.7. The van der Waals surface area contributed by atoms with Crippen molar-refractivity contribution in [1.82, 2.24) is 0 Å². The summed E-state index contributed by atoms with van der Waals surface area (Å²) in [4.78, 5) is 46.1. The summed E-state index contributed by atoms with van der Waals surface area (Å²) in [7, 11) is -4.75. The number of aliphatic carboxylic acids is 1. The average molecular weight is 906 g/mol. The van der Waals surface area contributed by atoms with Gasteiger partial charge in [0.15, 0.2) is 6.10 Å². The lowest BCUT2D eigenvalue weighted by Crippen LogP contribution is -2.34. The summed E-state index contributed by atoms with van der Waals surface area (Å²) in [5.74, 6) is -2.53. The van der Waals surface area contributed by atoms with Crippen LogP contribution < -0.4 is 5.73 Å². The Balaban J connectivity index is 4.48. The lowest BCUT2D eigenvalue weighted by Gasteiger charge is -2.20. The minimum atomic E-state index is -4.75. The number of carbonyl (C=O) groups excluding carboxylic acids is 2. The van der Waals surface area contributed by atoms with Crippen LogP contribution in [-0.4, -0.2) is 71.1 Å². The normalized spacial score (nSPS) is 14.9. The Morgan fingerprint density at radius 2 is 1.11 bits per heavy atom. The van der Waals surface area contributed by atoms with E-state index in [0.29, 0.717) is 25.7 Å². The highest BCUT2D eigenvalue weighted by Crippen LogP contribution is 2.43. The summed E-state index contributed by atoms with van der Waals surface area (Å²) < 4.78 is 32.7. The third kappa shape index (κ3) is 43.6. The monoisotopic (exact) mass is 906 g/mol. The van der Waals surface area contributed by atoms with Crippen LogP contribution in [-0.2, 0) is 37.5 Å². The van der Waals surface area contributed by atoms with Crippen LogP contribution in [0.2, 0.25) is 0 Å². The van der Waals surface area contributed by atoms with Crippen LogP contribution in [0.4, 0.5) is 0 Å². The zero-order valence-corrected chi connectivity index (χ0v) is 39.6. The number of hydrogen-bond acceptors (Lipinski definition) is 10. The van der Waals surface area contributed by atoms with Crippen molar-refractivity contribution >= 4 is 25.7 Å². The summed E-state index contributed by atoms with van der Waals surface area (Å²) in [5, 5.41) is 18.9. The van der Waals surface area contributed by atoms with Gasteiger partial charge in [-0.2, -0.15) is 0 Å². The number of allylic oxidation sites excluding steroid dienone is 12. The predicted octanol–water partition coefficient (Wildman–Crippen LogP) is 12.0. The van der Waals surface area contributed by atoms with Gasteiger partial charge in [-0.25, -0.2) is 4.57 Å². The van der Waals surface area contributed by atoms with Gasteiger partial charge in [0.2, 0.25) is 0 Å². The van der Waals surface area contributed by atoms with Crippen molar-refractivity contribution in [2.24, 2.45) is 5.73 Å². The Kier molecular flexibility index (Phi) is 41.5. The molecule has 0 saturated carbocycles. The number of hydrogen-bond donors (Lipinski definition) is 4. The molecule has 63 heavy (non-hydrogen) atoms. The standard InChI is InChI=1S/C50H84NO11P/c1-3-5-7-9-11-12-13-14-15-16-17-18-19-20-21-26-29-33-37-41-49(54)62-46(43-60-63(57,58)61-44-47(51)50(55)56)42-59-48(53)40-36-32-28-25-23-22-24-27-31-35-39-45(52)38-34-30-10-8-6-4-2/h6,8,14-15,22-23,27-28,30-32,34-35,39,45-47,52H,3-5,7,9-13,16-21,24-26,29,33,36-38,40-44,51H2,1-2H3,(H,55,56)(H,57,58)/b8-6-,15-14-,23-22-,31-27-,32-28-,34-30-,39-35+/t45?,46-,47+/m1/s1. The first kappa shape index (κ1) is 59.6. The summed E-state index contributed by atoms with van der Waals surface area (Å²) in [5.41, 5.74) is 5.33. The number of phosphoric acid groups is 1. The molecule has 12 nitrogen and oxygen atoms in total. The van der Waals surface area contributed by atoms with Gasteiger partial charge >= 0.3 is 25.7 Å². The third-order valence-electron chi connectivity index (χ3n) is 9.72. The van der Waals surface area contributed by atoms with Gasteiger partial charge in [0, 0.05) is 12.8 Å². The Morgan fingerprint density at radius 1 is 0.587 bits per heavy atom. The van der Waals surface area contributed by atoms with E-state index < -0.39 is 63.8 Å². The van der Waals surface area contributed by atoms with E-state index in [1.165, 1.54) is 70.6 Å². The number of phosphoric ester groups is 1. The molecule has 5 N–H and O–H groups in total. The van der Waals surface area contributed by atoms with E-state index in [1.54, 1.807) is 6.08 Å². The molecule has 0 rings (SSSR count). The van der Waals surface area contributed by atoms with E-state index in [4.69, 9.17) is 24.8 Å².